The zero-order valence-electron chi connectivity index (χ0n) is 9.99. The molecule has 16 heavy (non-hydrogen) atoms. The van der Waals surface area contributed by atoms with Gasteiger partial charge in [-0.25, -0.2) is 0 Å². The Kier molecular flexibility index (Phi) is 2.77. The van der Waals surface area contributed by atoms with E-state index in [2.05, 4.69) is 49.2 Å². The van der Waals surface area contributed by atoms with E-state index in [1.54, 1.807) is 0 Å². The van der Waals surface area contributed by atoms with Crippen molar-refractivity contribution >= 4 is 11.5 Å². The first-order valence-electron chi connectivity index (χ1n) is 5.55. The lowest BCUT2D eigenvalue weighted by molar-refractivity contribution is 0.779. The quantitative estimate of drug-likeness (QED) is 0.768. The summed E-state index contributed by atoms with van der Waals surface area (Å²) in [5, 5.41) is 8.22. The second kappa shape index (κ2) is 4.08. The summed E-state index contributed by atoms with van der Waals surface area (Å²) < 4.78 is 0. The van der Waals surface area contributed by atoms with Gasteiger partial charge >= 0.3 is 0 Å². The van der Waals surface area contributed by atoms with Crippen molar-refractivity contribution in [3.63, 3.8) is 0 Å². The molecule has 1 aromatic rings. The van der Waals surface area contributed by atoms with Crippen LogP contribution in [0, 0.1) is 19.8 Å². The summed E-state index contributed by atoms with van der Waals surface area (Å²) in [6, 6.07) is 6.40. The molecule has 1 aromatic carbocycles. The van der Waals surface area contributed by atoms with E-state index in [4.69, 9.17) is 5.73 Å². The molecule has 2 rings (SSSR count). The lowest BCUT2D eigenvalue weighted by Crippen LogP contribution is -2.27. The van der Waals surface area contributed by atoms with Gasteiger partial charge in [0.25, 0.3) is 0 Å². The molecule has 1 atom stereocenters. The monoisotopic (exact) mass is 215 g/mol. The van der Waals surface area contributed by atoms with Gasteiger partial charge in [-0.3, -0.25) is 0 Å². The van der Waals surface area contributed by atoms with E-state index in [-0.39, 0.29) is 5.92 Å². The largest absolute Gasteiger partial charge is 0.385 e. The molecule has 1 aliphatic rings. The number of benzene rings is 1. The minimum Gasteiger partial charge on any atom is -0.385 e. The van der Waals surface area contributed by atoms with Gasteiger partial charge < -0.3 is 5.73 Å². The SMILES string of the molecule is Cc1ccc(C2=NN=C(N)C(C)C2)c(C)c1. The average Bonchev–Trinajstić information content (AvgIpc) is 2.22. The van der Waals surface area contributed by atoms with E-state index in [9.17, 15) is 0 Å². The molecule has 0 saturated carbocycles. The Morgan fingerprint density at radius 1 is 1.25 bits per heavy atom. The molecule has 1 unspecified atom stereocenters. The molecule has 0 radical (unpaired) electrons. The number of rotatable bonds is 1. The first-order valence-corrected chi connectivity index (χ1v) is 5.55. The van der Waals surface area contributed by atoms with Crippen LogP contribution in [0.25, 0.3) is 0 Å². The number of hydrogen-bond acceptors (Lipinski definition) is 3. The minimum absolute atomic E-state index is 0.285. The molecule has 0 aromatic heterocycles. The van der Waals surface area contributed by atoms with Crippen LogP contribution in [0.15, 0.2) is 28.4 Å². The highest BCUT2D eigenvalue weighted by Gasteiger charge is 2.18. The molecule has 84 valence electrons. The Morgan fingerprint density at radius 3 is 2.62 bits per heavy atom. The third-order valence-corrected chi connectivity index (χ3v) is 2.98. The number of hydrogen-bond donors (Lipinski definition) is 1. The van der Waals surface area contributed by atoms with Gasteiger partial charge in [-0.05, 0) is 19.4 Å². The summed E-state index contributed by atoms with van der Waals surface area (Å²) >= 11 is 0. The Hall–Kier alpha value is -1.64. The Morgan fingerprint density at radius 2 is 2.00 bits per heavy atom. The van der Waals surface area contributed by atoms with Gasteiger partial charge in [-0.2, -0.15) is 5.10 Å². The highest BCUT2D eigenvalue weighted by molar-refractivity contribution is 6.05. The minimum atomic E-state index is 0.285. The number of nitrogens with zero attached hydrogens (tertiary/aromatic N) is 2. The molecule has 2 N–H and O–H groups in total. The van der Waals surface area contributed by atoms with Crippen molar-refractivity contribution in [2.24, 2.45) is 21.9 Å². The average molecular weight is 215 g/mol. The van der Waals surface area contributed by atoms with Crippen LogP contribution in [-0.2, 0) is 0 Å². The molecular formula is C13H17N3. The smallest absolute Gasteiger partial charge is 0.125 e. The predicted molar refractivity (Wildman–Crippen MR) is 67.9 cm³/mol. The van der Waals surface area contributed by atoms with Crippen LogP contribution in [0.3, 0.4) is 0 Å². The molecular weight excluding hydrogens is 198 g/mol. The van der Waals surface area contributed by atoms with Gasteiger partial charge in [0.2, 0.25) is 0 Å². The van der Waals surface area contributed by atoms with Crippen LogP contribution in [0.2, 0.25) is 0 Å². The van der Waals surface area contributed by atoms with Crippen LogP contribution in [0.5, 0.6) is 0 Å². The molecule has 1 heterocycles. The van der Waals surface area contributed by atoms with Gasteiger partial charge in [0, 0.05) is 17.9 Å². The maximum Gasteiger partial charge on any atom is 0.125 e. The van der Waals surface area contributed by atoms with Crippen LogP contribution < -0.4 is 5.73 Å². The van der Waals surface area contributed by atoms with Gasteiger partial charge in [0.05, 0.1) is 5.71 Å². The molecule has 0 aliphatic carbocycles. The number of amidine groups is 1. The maximum atomic E-state index is 5.72. The second-order valence-electron chi connectivity index (χ2n) is 4.50. The first kappa shape index (κ1) is 10.9. The van der Waals surface area contributed by atoms with Crippen molar-refractivity contribution in [3.8, 4) is 0 Å². The summed E-state index contributed by atoms with van der Waals surface area (Å²) in [6.07, 6.45) is 0.874. The Bertz CT molecular complexity index is 472. The normalized spacial score (nSPS) is 20.3. The molecule has 0 fully saturated rings. The topological polar surface area (TPSA) is 50.7 Å². The van der Waals surface area contributed by atoms with Gasteiger partial charge in [0.15, 0.2) is 0 Å². The fourth-order valence-corrected chi connectivity index (χ4v) is 1.95. The van der Waals surface area contributed by atoms with Crippen LogP contribution in [0.4, 0.5) is 0 Å². The van der Waals surface area contributed by atoms with E-state index >= 15 is 0 Å². The van der Waals surface area contributed by atoms with Crippen molar-refractivity contribution in [3.05, 3.63) is 34.9 Å². The molecule has 0 saturated heterocycles. The maximum absolute atomic E-state index is 5.72. The fourth-order valence-electron chi connectivity index (χ4n) is 1.95. The second-order valence-corrected chi connectivity index (χ2v) is 4.50. The Labute approximate surface area is 96.1 Å². The van der Waals surface area contributed by atoms with Gasteiger partial charge in [-0.1, -0.05) is 30.7 Å². The Balaban J connectivity index is 2.39. The third kappa shape index (κ3) is 1.98. The first-order chi connectivity index (χ1) is 7.58. The molecule has 3 heteroatoms. The van der Waals surface area contributed by atoms with E-state index in [0.717, 1.165) is 12.1 Å². The molecule has 1 aliphatic heterocycles. The van der Waals surface area contributed by atoms with Crippen molar-refractivity contribution < 1.29 is 0 Å². The molecule has 0 bridgehead atoms. The zero-order chi connectivity index (χ0) is 11.7. The fraction of sp³-hybridized carbons (Fsp3) is 0.385. The number of aryl methyl sites for hydroxylation is 2. The van der Waals surface area contributed by atoms with Crippen LogP contribution in [-0.4, -0.2) is 11.5 Å². The molecule has 3 nitrogen and oxygen atoms in total. The number of nitrogens with two attached hydrogens (primary N) is 1. The lowest BCUT2D eigenvalue weighted by atomic mass is 9.94. The van der Waals surface area contributed by atoms with Crippen LogP contribution in [0.1, 0.15) is 30.0 Å². The summed E-state index contributed by atoms with van der Waals surface area (Å²) in [6.45, 7) is 6.28. The van der Waals surface area contributed by atoms with Crippen molar-refractivity contribution in [2.45, 2.75) is 27.2 Å². The highest BCUT2D eigenvalue weighted by Crippen LogP contribution is 2.19. The van der Waals surface area contributed by atoms with Crippen molar-refractivity contribution in [1.29, 1.82) is 0 Å². The molecule has 0 spiro atoms. The van der Waals surface area contributed by atoms with E-state index < -0.39 is 0 Å². The third-order valence-electron chi connectivity index (χ3n) is 2.98. The zero-order valence-corrected chi connectivity index (χ0v) is 9.99. The summed E-state index contributed by atoms with van der Waals surface area (Å²) in [4.78, 5) is 0. The van der Waals surface area contributed by atoms with Crippen molar-refractivity contribution in [2.75, 3.05) is 0 Å². The highest BCUT2D eigenvalue weighted by atomic mass is 15.2. The predicted octanol–water partition coefficient (Wildman–Crippen LogP) is 2.40. The van der Waals surface area contributed by atoms with Crippen molar-refractivity contribution in [1.82, 2.24) is 0 Å². The van der Waals surface area contributed by atoms with Gasteiger partial charge in [0.1, 0.15) is 5.84 Å². The lowest BCUT2D eigenvalue weighted by Gasteiger charge is -2.17. The van der Waals surface area contributed by atoms with Crippen LogP contribution >= 0.6 is 0 Å². The van der Waals surface area contributed by atoms with Gasteiger partial charge in [-0.15, -0.1) is 5.10 Å². The standard InChI is InChI=1S/C13H17N3/c1-8-4-5-11(9(2)6-8)12-7-10(3)13(14)16-15-12/h4-6,10H,7H2,1-3H3,(H2,14,16). The summed E-state index contributed by atoms with van der Waals surface area (Å²) in [5.41, 5.74) is 10.5. The van der Waals surface area contributed by atoms with E-state index in [1.165, 1.54) is 16.7 Å². The summed E-state index contributed by atoms with van der Waals surface area (Å²) in [7, 11) is 0. The van der Waals surface area contributed by atoms with E-state index in [0.29, 0.717) is 5.84 Å². The molecule has 0 amide bonds. The van der Waals surface area contributed by atoms with E-state index in [1.807, 2.05) is 0 Å². The summed E-state index contributed by atoms with van der Waals surface area (Å²) in [5.74, 6) is 0.918.